The van der Waals surface area contributed by atoms with Crippen molar-refractivity contribution in [2.75, 3.05) is 29.9 Å². The molecule has 0 fully saturated rings. The summed E-state index contributed by atoms with van der Waals surface area (Å²) in [6.07, 6.45) is -2.64. The lowest BCUT2D eigenvalue weighted by Crippen LogP contribution is -2.27. The summed E-state index contributed by atoms with van der Waals surface area (Å²) in [6, 6.07) is 6.15. The van der Waals surface area contributed by atoms with Gasteiger partial charge in [-0.05, 0) is 42.1 Å². The van der Waals surface area contributed by atoms with Gasteiger partial charge in [0, 0.05) is 31.4 Å². The second-order valence-corrected chi connectivity index (χ2v) is 8.66. The van der Waals surface area contributed by atoms with Gasteiger partial charge in [0.2, 0.25) is 6.41 Å². The molecule has 1 aromatic carbocycles. The maximum Gasteiger partial charge on any atom is 0.435 e. The number of carbonyl (C=O) groups is 1. The van der Waals surface area contributed by atoms with Gasteiger partial charge in [-0.3, -0.25) is 9.93 Å². The molecule has 1 aromatic heterocycles. The minimum Gasteiger partial charge on any atom is -0.351 e. The number of nitrogens with zero attached hydrogens (tertiary/aromatic N) is 3. The molecule has 0 aliphatic rings. The molecule has 0 saturated heterocycles. The summed E-state index contributed by atoms with van der Waals surface area (Å²) >= 11 is 1.33. The fourth-order valence-corrected chi connectivity index (χ4v) is 4.34. The molecule has 1 amide bonds. The molecule has 2 N–H and O–H groups in total. The van der Waals surface area contributed by atoms with Crippen LogP contribution in [-0.4, -0.2) is 31.5 Å². The van der Waals surface area contributed by atoms with Gasteiger partial charge in [0.1, 0.15) is 15.9 Å². The summed E-state index contributed by atoms with van der Waals surface area (Å²) in [6.45, 7) is 6.85. The molecule has 0 radical (unpaired) electrons. The zero-order chi connectivity index (χ0) is 24.8. The highest BCUT2D eigenvalue weighted by molar-refractivity contribution is 7.99. The van der Waals surface area contributed by atoms with Gasteiger partial charge in [-0.1, -0.05) is 36.6 Å². The van der Waals surface area contributed by atoms with Gasteiger partial charge in [0.05, 0.1) is 0 Å². The Kier molecular flexibility index (Phi) is 9.20. The molecule has 2 rings (SSSR count). The number of benzene rings is 1. The number of carbonyl (C=O) groups excluding carboxylic acids is 1. The predicted molar refractivity (Wildman–Crippen MR) is 123 cm³/mol. The van der Waals surface area contributed by atoms with E-state index in [1.807, 2.05) is 0 Å². The predicted octanol–water partition coefficient (Wildman–Crippen LogP) is 5.97. The molecule has 0 saturated carbocycles. The van der Waals surface area contributed by atoms with E-state index in [9.17, 15) is 26.7 Å². The molecular formula is C21H21F5N4OS2. The Balaban J connectivity index is 2.05. The van der Waals surface area contributed by atoms with Crippen molar-refractivity contribution in [3.63, 3.8) is 0 Å². The Morgan fingerprint density at radius 1 is 1.21 bits per heavy atom. The molecule has 0 aliphatic carbocycles. The van der Waals surface area contributed by atoms with Crippen molar-refractivity contribution in [1.82, 2.24) is 4.98 Å². The van der Waals surface area contributed by atoms with Gasteiger partial charge in [-0.15, -0.1) is 0 Å². The first kappa shape index (κ1) is 26.6. The molecule has 1 heterocycles. The third-order valence-electron chi connectivity index (χ3n) is 4.41. The molecule has 33 heavy (non-hydrogen) atoms. The van der Waals surface area contributed by atoms with Gasteiger partial charge >= 0.3 is 6.18 Å². The van der Waals surface area contributed by atoms with Crippen LogP contribution in [0.1, 0.15) is 17.7 Å². The van der Waals surface area contributed by atoms with E-state index in [2.05, 4.69) is 18.1 Å². The van der Waals surface area contributed by atoms with Crippen LogP contribution in [0.4, 0.5) is 32.8 Å². The van der Waals surface area contributed by atoms with Crippen molar-refractivity contribution in [1.29, 1.82) is 0 Å². The SMILES string of the molecule is C=C(F)/C=C(\C(=C)F)c1ccc(N(C=O)CCCN(C)c2nc(C(F)(F)F)c(SN)s2)cc1. The molecule has 5 nitrogen and oxygen atoms in total. The Hall–Kier alpha value is -2.70. The molecule has 0 bridgehead atoms. The van der Waals surface area contributed by atoms with Crippen LogP contribution >= 0.6 is 23.3 Å². The number of anilines is 2. The van der Waals surface area contributed by atoms with Crippen molar-refractivity contribution < 1.29 is 26.7 Å². The highest BCUT2D eigenvalue weighted by Gasteiger charge is 2.38. The Morgan fingerprint density at radius 2 is 1.85 bits per heavy atom. The fraction of sp³-hybridized carbons (Fsp3) is 0.238. The van der Waals surface area contributed by atoms with Crippen LogP contribution in [0.2, 0.25) is 0 Å². The zero-order valence-electron chi connectivity index (χ0n) is 17.5. The molecule has 0 aliphatic heterocycles. The van der Waals surface area contributed by atoms with E-state index in [0.29, 0.717) is 42.6 Å². The summed E-state index contributed by atoms with van der Waals surface area (Å²) in [4.78, 5) is 18.1. The average molecular weight is 505 g/mol. The van der Waals surface area contributed by atoms with Gasteiger partial charge in [0.15, 0.2) is 10.8 Å². The molecule has 0 unspecified atom stereocenters. The first-order valence-corrected chi connectivity index (χ1v) is 11.1. The number of nitrogens with two attached hydrogens (primary N) is 1. The van der Waals surface area contributed by atoms with Crippen LogP contribution in [-0.2, 0) is 11.0 Å². The lowest BCUT2D eigenvalue weighted by Gasteiger charge is -2.21. The topological polar surface area (TPSA) is 62.5 Å². The summed E-state index contributed by atoms with van der Waals surface area (Å²) in [5.74, 6) is -1.66. The van der Waals surface area contributed by atoms with Gasteiger partial charge in [-0.25, -0.2) is 13.8 Å². The number of aromatic nitrogens is 1. The molecule has 0 spiro atoms. The van der Waals surface area contributed by atoms with Gasteiger partial charge in [-0.2, -0.15) is 13.2 Å². The monoisotopic (exact) mass is 504 g/mol. The number of halogens is 5. The van der Waals surface area contributed by atoms with Crippen LogP contribution in [0.5, 0.6) is 0 Å². The molecular weight excluding hydrogens is 483 g/mol. The maximum absolute atomic E-state index is 13.6. The smallest absolute Gasteiger partial charge is 0.351 e. The van der Waals surface area contributed by atoms with Crippen molar-refractivity contribution >= 4 is 46.1 Å². The van der Waals surface area contributed by atoms with Gasteiger partial charge in [0.25, 0.3) is 0 Å². The van der Waals surface area contributed by atoms with E-state index in [-0.39, 0.29) is 21.5 Å². The summed E-state index contributed by atoms with van der Waals surface area (Å²) in [5.41, 5.74) is -0.217. The Bertz CT molecular complexity index is 1030. The minimum atomic E-state index is -4.60. The molecule has 12 heteroatoms. The fourth-order valence-electron chi connectivity index (χ4n) is 2.84. The summed E-state index contributed by atoms with van der Waals surface area (Å²) in [5, 5.41) is 5.49. The number of hydrogen-bond acceptors (Lipinski definition) is 6. The number of thiazole rings is 1. The van der Waals surface area contributed by atoms with E-state index >= 15 is 0 Å². The highest BCUT2D eigenvalue weighted by atomic mass is 32.2. The van der Waals surface area contributed by atoms with E-state index < -0.39 is 23.5 Å². The van der Waals surface area contributed by atoms with Crippen LogP contribution in [0, 0.1) is 0 Å². The second-order valence-electron chi connectivity index (χ2n) is 6.78. The van der Waals surface area contributed by atoms with Crippen LogP contribution in [0.15, 0.2) is 59.4 Å². The molecule has 2 aromatic rings. The van der Waals surface area contributed by atoms with Crippen molar-refractivity contribution in [2.45, 2.75) is 16.8 Å². The normalized spacial score (nSPS) is 11.9. The summed E-state index contributed by atoms with van der Waals surface area (Å²) < 4.78 is 65.7. The largest absolute Gasteiger partial charge is 0.435 e. The minimum absolute atomic E-state index is 0.0648. The lowest BCUT2D eigenvalue weighted by atomic mass is 10.0. The number of alkyl halides is 3. The number of allylic oxidation sites excluding steroid dienone is 4. The van der Waals surface area contributed by atoms with E-state index in [4.69, 9.17) is 5.14 Å². The van der Waals surface area contributed by atoms with Crippen LogP contribution in [0.25, 0.3) is 5.57 Å². The first-order chi connectivity index (χ1) is 15.5. The van der Waals surface area contributed by atoms with E-state index in [0.717, 1.165) is 17.4 Å². The first-order valence-electron chi connectivity index (χ1n) is 9.37. The Morgan fingerprint density at radius 3 is 2.30 bits per heavy atom. The summed E-state index contributed by atoms with van der Waals surface area (Å²) in [7, 11) is 1.60. The third-order valence-corrected chi connectivity index (χ3v) is 6.32. The number of amides is 1. The molecule has 178 valence electrons. The van der Waals surface area contributed by atoms with Crippen molar-refractivity contribution in [3.8, 4) is 0 Å². The second kappa shape index (κ2) is 11.4. The zero-order valence-corrected chi connectivity index (χ0v) is 19.2. The average Bonchev–Trinajstić information content (AvgIpc) is 3.20. The van der Waals surface area contributed by atoms with E-state index in [1.54, 1.807) is 24.1 Å². The third kappa shape index (κ3) is 7.14. The standard InChI is InChI=1S/C21H21F5N4OS2/c1-13(22)11-17(14(2)23)15-5-7-16(8-6-15)30(12-31)10-4-9-29(3)20-28-18(21(24,25)26)19(32-20)33-27/h5-8,11-12H,1-2,4,9-10,27H2,3H3/b17-11+. The van der Waals surface area contributed by atoms with Crippen molar-refractivity contribution in [3.05, 3.63) is 66.4 Å². The van der Waals surface area contributed by atoms with Crippen LogP contribution in [0.3, 0.4) is 0 Å². The van der Waals surface area contributed by atoms with Crippen molar-refractivity contribution in [2.24, 2.45) is 5.14 Å². The Labute approximate surface area is 196 Å². The lowest BCUT2D eigenvalue weighted by molar-refractivity contribution is -0.142. The highest BCUT2D eigenvalue weighted by Crippen LogP contribution is 2.40. The number of rotatable bonds is 11. The number of hydrogen-bond donors (Lipinski definition) is 1. The maximum atomic E-state index is 13.6. The van der Waals surface area contributed by atoms with Crippen LogP contribution < -0.4 is 14.9 Å². The van der Waals surface area contributed by atoms with Gasteiger partial charge < -0.3 is 9.80 Å². The van der Waals surface area contributed by atoms with E-state index in [1.165, 1.54) is 17.0 Å². The quantitative estimate of drug-likeness (QED) is 0.177. The molecule has 0 atom stereocenters.